The van der Waals surface area contributed by atoms with Crippen molar-refractivity contribution in [3.8, 4) is 5.88 Å². The summed E-state index contributed by atoms with van der Waals surface area (Å²) in [5, 5.41) is 2.99. The first-order chi connectivity index (χ1) is 15.8. The van der Waals surface area contributed by atoms with E-state index in [0.29, 0.717) is 23.6 Å². The Morgan fingerprint density at radius 2 is 2.06 bits per heavy atom. The molecular weight excluding hydrogens is 420 g/mol. The number of amides is 1. The highest BCUT2D eigenvalue weighted by atomic mass is 16.5. The quantitative estimate of drug-likeness (QED) is 0.504. The van der Waals surface area contributed by atoms with E-state index in [1.807, 2.05) is 54.3 Å². The zero-order valence-corrected chi connectivity index (χ0v) is 19.1. The third-order valence-electron chi connectivity index (χ3n) is 6.67. The van der Waals surface area contributed by atoms with Crippen molar-refractivity contribution in [2.24, 2.45) is 7.05 Å². The number of benzene rings is 1. The van der Waals surface area contributed by atoms with E-state index in [1.165, 1.54) is 0 Å². The molecule has 170 valence electrons. The van der Waals surface area contributed by atoms with Crippen LogP contribution in [0.3, 0.4) is 0 Å². The Labute approximate surface area is 190 Å². The number of hydrogen-bond acceptors (Lipinski definition) is 6. The minimum absolute atomic E-state index is 0.0350. The summed E-state index contributed by atoms with van der Waals surface area (Å²) in [6.07, 6.45) is 7.21. The maximum Gasteiger partial charge on any atom is 0.262 e. The van der Waals surface area contributed by atoms with Crippen LogP contribution in [0.5, 0.6) is 5.88 Å². The third kappa shape index (κ3) is 3.10. The van der Waals surface area contributed by atoms with Crippen LogP contribution in [0, 0.1) is 0 Å². The molecule has 0 radical (unpaired) electrons. The summed E-state index contributed by atoms with van der Waals surface area (Å²) in [6, 6.07) is 5.69. The van der Waals surface area contributed by atoms with E-state index in [1.54, 1.807) is 12.5 Å². The van der Waals surface area contributed by atoms with Gasteiger partial charge in [0, 0.05) is 24.9 Å². The molecule has 1 aromatic carbocycles. The fourth-order valence-electron chi connectivity index (χ4n) is 5.23. The van der Waals surface area contributed by atoms with Crippen LogP contribution in [0.15, 0.2) is 36.9 Å². The maximum atomic E-state index is 13.4. The van der Waals surface area contributed by atoms with Gasteiger partial charge in [-0.1, -0.05) is 6.07 Å². The molecule has 1 amide bonds. The van der Waals surface area contributed by atoms with Crippen molar-refractivity contribution >= 4 is 28.4 Å². The Morgan fingerprint density at radius 1 is 1.24 bits per heavy atom. The van der Waals surface area contributed by atoms with Gasteiger partial charge >= 0.3 is 0 Å². The molecule has 3 aromatic heterocycles. The van der Waals surface area contributed by atoms with Gasteiger partial charge in [0.15, 0.2) is 0 Å². The van der Waals surface area contributed by atoms with E-state index in [9.17, 15) is 4.79 Å². The molecule has 0 unspecified atom stereocenters. The average molecular weight is 447 g/mol. The van der Waals surface area contributed by atoms with E-state index in [4.69, 9.17) is 14.5 Å². The fraction of sp³-hybridized carbons (Fsp3) is 0.417. The minimum atomic E-state index is -0.313. The van der Waals surface area contributed by atoms with Crippen LogP contribution >= 0.6 is 0 Å². The Bertz CT molecular complexity index is 1410. The SMILES string of the molecule is CC(C)Oc1nc2nc(C34COC(C)(C3)C4)cn2cc1C(=O)Nc1cccc2c1ncn2C. The number of aryl methyl sites for hydroxylation is 1. The Hall–Kier alpha value is -3.46. The number of rotatable bonds is 5. The second-order valence-corrected chi connectivity index (χ2v) is 9.82. The molecule has 2 aliphatic heterocycles. The highest BCUT2D eigenvalue weighted by Gasteiger charge is 2.61. The van der Waals surface area contributed by atoms with E-state index in [2.05, 4.69) is 22.2 Å². The summed E-state index contributed by atoms with van der Waals surface area (Å²) in [7, 11) is 1.92. The zero-order valence-electron chi connectivity index (χ0n) is 19.1. The minimum Gasteiger partial charge on any atom is -0.474 e. The van der Waals surface area contributed by atoms with Gasteiger partial charge in [0.05, 0.1) is 41.5 Å². The molecule has 3 aliphatic rings. The number of fused-ring (bicyclic) bond motifs is 3. The molecule has 1 saturated carbocycles. The van der Waals surface area contributed by atoms with Gasteiger partial charge in [-0.05, 0) is 45.7 Å². The zero-order chi connectivity index (χ0) is 23.0. The highest BCUT2D eigenvalue weighted by Crippen LogP contribution is 2.58. The summed E-state index contributed by atoms with van der Waals surface area (Å²) in [5.74, 6) is 0.463. The van der Waals surface area contributed by atoms with Gasteiger partial charge in [0.2, 0.25) is 11.7 Å². The van der Waals surface area contributed by atoms with Crippen LogP contribution in [0.2, 0.25) is 0 Å². The molecule has 7 rings (SSSR count). The van der Waals surface area contributed by atoms with Gasteiger partial charge < -0.3 is 19.4 Å². The van der Waals surface area contributed by atoms with Gasteiger partial charge in [0.1, 0.15) is 11.1 Å². The molecule has 2 bridgehead atoms. The van der Waals surface area contributed by atoms with Gasteiger partial charge in [-0.25, -0.2) is 9.97 Å². The van der Waals surface area contributed by atoms with Crippen molar-refractivity contribution in [2.45, 2.75) is 50.7 Å². The van der Waals surface area contributed by atoms with Gasteiger partial charge in [-0.3, -0.25) is 9.20 Å². The van der Waals surface area contributed by atoms with E-state index >= 15 is 0 Å². The number of anilines is 1. The summed E-state index contributed by atoms with van der Waals surface area (Å²) in [5.41, 5.74) is 3.50. The van der Waals surface area contributed by atoms with Crippen LogP contribution in [-0.2, 0) is 17.2 Å². The van der Waals surface area contributed by atoms with E-state index in [-0.39, 0.29) is 28.9 Å². The van der Waals surface area contributed by atoms with Crippen molar-refractivity contribution in [1.29, 1.82) is 0 Å². The smallest absolute Gasteiger partial charge is 0.262 e. The lowest BCUT2D eigenvalue weighted by atomic mass is 9.62. The molecular formula is C24H26N6O3. The molecule has 1 aliphatic carbocycles. The molecule has 2 saturated heterocycles. The average Bonchev–Trinajstić information content (AvgIpc) is 3.49. The van der Waals surface area contributed by atoms with Gasteiger partial charge in [0.25, 0.3) is 5.91 Å². The normalized spacial score (nSPS) is 23.9. The number of carbonyl (C=O) groups is 1. The van der Waals surface area contributed by atoms with Crippen molar-refractivity contribution in [3.05, 3.63) is 48.2 Å². The standard InChI is InChI=1S/C24H26N6O3/c1-14(2)33-21-15(20(31)26-16-6-5-7-17-19(16)25-13-29(17)4)8-30-9-18(27-22(30)28-21)24-10-23(3,11-24)32-12-24/h5-9,13-14H,10-12H2,1-4H3,(H,26,31). The third-order valence-corrected chi connectivity index (χ3v) is 6.67. The van der Waals surface area contributed by atoms with Gasteiger partial charge in [-0.2, -0.15) is 4.98 Å². The first-order valence-corrected chi connectivity index (χ1v) is 11.2. The van der Waals surface area contributed by atoms with E-state index < -0.39 is 0 Å². The van der Waals surface area contributed by atoms with Crippen molar-refractivity contribution in [3.63, 3.8) is 0 Å². The van der Waals surface area contributed by atoms with Crippen LogP contribution < -0.4 is 10.1 Å². The summed E-state index contributed by atoms with van der Waals surface area (Å²) < 4.78 is 15.6. The van der Waals surface area contributed by atoms with Crippen molar-refractivity contribution in [2.75, 3.05) is 11.9 Å². The largest absolute Gasteiger partial charge is 0.474 e. The second kappa shape index (κ2) is 6.77. The molecule has 3 fully saturated rings. The summed E-state index contributed by atoms with van der Waals surface area (Å²) >= 11 is 0. The first kappa shape index (κ1) is 20.2. The highest BCUT2D eigenvalue weighted by molar-refractivity contribution is 6.09. The maximum absolute atomic E-state index is 13.4. The number of nitrogens with zero attached hydrogens (tertiary/aromatic N) is 5. The lowest BCUT2D eigenvalue weighted by Crippen LogP contribution is -2.45. The van der Waals surface area contributed by atoms with Crippen LogP contribution in [-0.4, -0.2) is 48.1 Å². The first-order valence-electron chi connectivity index (χ1n) is 11.2. The van der Waals surface area contributed by atoms with Gasteiger partial charge in [-0.15, -0.1) is 0 Å². The number of ether oxygens (including phenoxy) is 2. The predicted molar refractivity (Wildman–Crippen MR) is 123 cm³/mol. The Kier molecular flexibility index (Phi) is 4.14. The monoisotopic (exact) mass is 446 g/mol. The molecule has 5 heterocycles. The van der Waals surface area contributed by atoms with Crippen LogP contribution in [0.4, 0.5) is 5.69 Å². The summed E-state index contributed by atoms with van der Waals surface area (Å²) in [4.78, 5) is 27.2. The Morgan fingerprint density at radius 3 is 2.79 bits per heavy atom. The predicted octanol–water partition coefficient (Wildman–Crippen LogP) is 3.48. The molecule has 33 heavy (non-hydrogen) atoms. The summed E-state index contributed by atoms with van der Waals surface area (Å²) in [6.45, 7) is 6.63. The number of para-hydroxylation sites is 1. The topological polar surface area (TPSA) is 95.6 Å². The molecule has 4 aromatic rings. The lowest BCUT2D eigenvalue weighted by molar-refractivity contribution is 0.0154. The number of hydrogen-bond donors (Lipinski definition) is 1. The number of aromatic nitrogens is 5. The van der Waals surface area contributed by atoms with Crippen molar-refractivity contribution in [1.82, 2.24) is 23.9 Å². The number of imidazole rings is 2. The van der Waals surface area contributed by atoms with E-state index in [0.717, 1.165) is 29.6 Å². The molecule has 9 heteroatoms. The molecule has 1 N–H and O–H groups in total. The number of nitrogens with one attached hydrogen (secondary N) is 1. The van der Waals surface area contributed by atoms with Crippen LogP contribution in [0.25, 0.3) is 16.8 Å². The van der Waals surface area contributed by atoms with Crippen molar-refractivity contribution < 1.29 is 14.3 Å². The number of carbonyl (C=O) groups excluding carboxylic acids is 1. The Balaban J connectivity index is 1.39. The fourth-order valence-corrected chi connectivity index (χ4v) is 5.23. The second-order valence-electron chi connectivity index (χ2n) is 9.82. The molecule has 0 spiro atoms. The molecule has 0 atom stereocenters. The lowest BCUT2D eigenvalue weighted by Gasteiger charge is -2.41. The van der Waals surface area contributed by atoms with Crippen LogP contribution in [0.1, 0.15) is 49.7 Å². The molecule has 9 nitrogen and oxygen atoms in total.